The van der Waals surface area contributed by atoms with Crippen LogP contribution in [0.1, 0.15) is 29.5 Å². The summed E-state index contributed by atoms with van der Waals surface area (Å²) < 4.78 is 0. The lowest BCUT2D eigenvalue weighted by molar-refractivity contribution is -0.142. The van der Waals surface area contributed by atoms with Crippen LogP contribution < -0.4 is 0 Å². The van der Waals surface area contributed by atoms with Crippen molar-refractivity contribution >= 4 is 5.97 Å². The van der Waals surface area contributed by atoms with Crippen LogP contribution in [0.3, 0.4) is 0 Å². The monoisotopic (exact) mass is 233 g/mol. The second kappa shape index (κ2) is 4.88. The molecule has 1 aromatic carbocycles. The molecular formula is C14H19NO2. The molecule has 1 aromatic rings. The molecule has 0 aromatic heterocycles. The summed E-state index contributed by atoms with van der Waals surface area (Å²) in [7, 11) is 0. The number of rotatable bonds is 3. The van der Waals surface area contributed by atoms with Gasteiger partial charge in [0.15, 0.2) is 0 Å². The van der Waals surface area contributed by atoms with Crippen LogP contribution >= 0.6 is 0 Å². The Morgan fingerprint density at radius 1 is 1.41 bits per heavy atom. The highest BCUT2D eigenvalue weighted by Crippen LogP contribution is 2.23. The van der Waals surface area contributed by atoms with Gasteiger partial charge in [-0.15, -0.1) is 0 Å². The number of carboxylic acid groups (broad SMARTS) is 1. The minimum absolute atomic E-state index is 0.297. The largest absolute Gasteiger partial charge is 0.480 e. The van der Waals surface area contributed by atoms with E-state index in [1.807, 2.05) is 6.07 Å². The normalized spacial score (nSPS) is 20.7. The average molecular weight is 233 g/mol. The highest BCUT2D eigenvalue weighted by molar-refractivity contribution is 5.73. The van der Waals surface area contributed by atoms with Crippen molar-refractivity contribution < 1.29 is 9.90 Å². The summed E-state index contributed by atoms with van der Waals surface area (Å²) in [5, 5.41) is 9.16. The van der Waals surface area contributed by atoms with Crippen LogP contribution in [0.2, 0.25) is 0 Å². The lowest BCUT2D eigenvalue weighted by Gasteiger charge is -2.23. The first kappa shape index (κ1) is 12.1. The van der Waals surface area contributed by atoms with E-state index in [4.69, 9.17) is 5.11 Å². The van der Waals surface area contributed by atoms with E-state index in [0.717, 1.165) is 25.9 Å². The van der Waals surface area contributed by atoms with E-state index >= 15 is 0 Å². The van der Waals surface area contributed by atoms with Gasteiger partial charge in [-0.25, -0.2) is 0 Å². The summed E-state index contributed by atoms with van der Waals surface area (Å²) in [6.45, 7) is 5.84. The number of aryl methyl sites for hydroxylation is 2. The Bertz CT molecular complexity index is 408. The second-order valence-corrected chi connectivity index (χ2v) is 4.84. The van der Waals surface area contributed by atoms with E-state index < -0.39 is 5.97 Å². The molecule has 1 fully saturated rings. The minimum atomic E-state index is -0.686. The molecule has 0 amide bonds. The Labute approximate surface area is 102 Å². The standard InChI is InChI=1S/C14H19NO2/c1-10-5-3-6-11(2)12(10)9-15-8-4-7-13(15)14(16)17/h3,5-6,13H,4,7-9H2,1-2H3,(H,16,17)/t13-/m0/s1. The molecule has 1 aliphatic rings. The predicted molar refractivity (Wildman–Crippen MR) is 67.0 cm³/mol. The van der Waals surface area contributed by atoms with E-state index in [9.17, 15) is 4.79 Å². The fourth-order valence-corrected chi connectivity index (χ4v) is 2.60. The van der Waals surface area contributed by atoms with Gasteiger partial charge in [0, 0.05) is 6.54 Å². The van der Waals surface area contributed by atoms with Gasteiger partial charge in [0.05, 0.1) is 0 Å². The van der Waals surface area contributed by atoms with Crippen molar-refractivity contribution in [3.05, 3.63) is 34.9 Å². The van der Waals surface area contributed by atoms with E-state index in [-0.39, 0.29) is 6.04 Å². The molecule has 1 aliphatic heterocycles. The van der Waals surface area contributed by atoms with Crippen LogP contribution in [-0.2, 0) is 11.3 Å². The van der Waals surface area contributed by atoms with Crippen molar-refractivity contribution in [2.45, 2.75) is 39.3 Å². The topological polar surface area (TPSA) is 40.5 Å². The van der Waals surface area contributed by atoms with Crippen molar-refractivity contribution in [1.29, 1.82) is 0 Å². The SMILES string of the molecule is Cc1cccc(C)c1CN1CCC[C@H]1C(=O)O. The Kier molecular flexibility index (Phi) is 3.48. The van der Waals surface area contributed by atoms with E-state index in [1.54, 1.807) is 0 Å². The molecule has 1 N–H and O–H groups in total. The first-order valence-electron chi connectivity index (χ1n) is 6.11. The lowest BCUT2D eigenvalue weighted by atomic mass is 10.0. The molecule has 0 aliphatic carbocycles. The third kappa shape index (κ3) is 2.50. The highest BCUT2D eigenvalue weighted by Gasteiger charge is 2.30. The maximum Gasteiger partial charge on any atom is 0.320 e. The third-order valence-corrected chi connectivity index (χ3v) is 3.65. The first-order chi connectivity index (χ1) is 8.09. The Hall–Kier alpha value is -1.35. The molecule has 1 atom stereocenters. The molecule has 17 heavy (non-hydrogen) atoms. The van der Waals surface area contributed by atoms with Crippen LogP contribution in [0.4, 0.5) is 0 Å². The van der Waals surface area contributed by atoms with Crippen LogP contribution in [0.25, 0.3) is 0 Å². The van der Waals surface area contributed by atoms with Gasteiger partial charge < -0.3 is 5.11 Å². The second-order valence-electron chi connectivity index (χ2n) is 4.84. The molecule has 92 valence electrons. The maximum absolute atomic E-state index is 11.1. The fraction of sp³-hybridized carbons (Fsp3) is 0.500. The van der Waals surface area contributed by atoms with Crippen LogP contribution in [0.15, 0.2) is 18.2 Å². The zero-order valence-corrected chi connectivity index (χ0v) is 10.4. The Morgan fingerprint density at radius 3 is 2.65 bits per heavy atom. The molecular weight excluding hydrogens is 214 g/mol. The molecule has 0 saturated carbocycles. The fourth-order valence-electron chi connectivity index (χ4n) is 2.60. The van der Waals surface area contributed by atoms with Gasteiger partial charge in [-0.3, -0.25) is 9.69 Å². The summed E-state index contributed by atoms with van der Waals surface area (Å²) in [5.41, 5.74) is 3.78. The summed E-state index contributed by atoms with van der Waals surface area (Å²) >= 11 is 0. The molecule has 0 unspecified atom stereocenters. The molecule has 0 bridgehead atoms. The van der Waals surface area contributed by atoms with E-state index in [2.05, 4.69) is 30.9 Å². The zero-order valence-electron chi connectivity index (χ0n) is 10.4. The summed E-state index contributed by atoms with van der Waals surface area (Å²) in [6, 6.07) is 5.93. The van der Waals surface area contributed by atoms with E-state index in [0.29, 0.717) is 0 Å². The van der Waals surface area contributed by atoms with Crippen LogP contribution in [0.5, 0.6) is 0 Å². The Balaban J connectivity index is 2.18. The maximum atomic E-state index is 11.1. The summed E-state index contributed by atoms with van der Waals surface area (Å²) in [5.74, 6) is -0.686. The number of hydrogen-bond acceptors (Lipinski definition) is 2. The summed E-state index contributed by atoms with van der Waals surface area (Å²) in [4.78, 5) is 13.2. The molecule has 3 heteroatoms. The molecule has 3 nitrogen and oxygen atoms in total. The van der Waals surface area contributed by atoms with Crippen molar-refractivity contribution in [2.24, 2.45) is 0 Å². The van der Waals surface area contributed by atoms with Crippen LogP contribution in [-0.4, -0.2) is 28.6 Å². The molecule has 2 rings (SSSR count). The van der Waals surface area contributed by atoms with Crippen LogP contribution in [0, 0.1) is 13.8 Å². The highest BCUT2D eigenvalue weighted by atomic mass is 16.4. The van der Waals surface area contributed by atoms with E-state index in [1.165, 1.54) is 16.7 Å². The van der Waals surface area contributed by atoms with Crippen molar-refractivity contribution in [3.63, 3.8) is 0 Å². The van der Waals surface area contributed by atoms with Crippen molar-refractivity contribution in [3.8, 4) is 0 Å². The zero-order chi connectivity index (χ0) is 12.4. The number of hydrogen-bond donors (Lipinski definition) is 1. The number of carboxylic acids is 1. The third-order valence-electron chi connectivity index (χ3n) is 3.65. The minimum Gasteiger partial charge on any atom is -0.480 e. The quantitative estimate of drug-likeness (QED) is 0.871. The number of aliphatic carboxylic acids is 1. The average Bonchev–Trinajstić information content (AvgIpc) is 2.72. The number of carbonyl (C=O) groups is 1. The van der Waals surface area contributed by atoms with Gasteiger partial charge in [0.1, 0.15) is 6.04 Å². The lowest BCUT2D eigenvalue weighted by Crippen LogP contribution is -2.35. The van der Waals surface area contributed by atoms with Gasteiger partial charge in [-0.1, -0.05) is 18.2 Å². The smallest absolute Gasteiger partial charge is 0.320 e. The number of likely N-dealkylation sites (tertiary alicyclic amines) is 1. The molecule has 0 radical (unpaired) electrons. The number of nitrogens with zero attached hydrogens (tertiary/aromatic N) is 1. The van der Waals surface area contributed by atoms with Gasteiger partial charge >= 0.3 is 5.97 Å². The molecule has 1 saturated heterocycles. The number of benzene rings is 1. The summed E-state index contributed by atoms with van der Waals surface area (Å²) in [6.07, 6.45) is 1.77. The first-order valence-corrected chi connectivity index (χ1v) is 6.11. The van der Waals surface area contributed by atoms with Gasteiger partial charge in [-0.05, 0) is 49.9 Å². The molecule has 1 heterocycles. The van der Waals surface area contributed by atoms with Gasteiger partial charge in [0.2, 0.25) is 0 Å². The van der Waals surface area contributed by atoms with Crippen molar-refractivity contribution in [2.75, 3.05) is 6.54 Å². The predicted octanol–water partition coefficient (Wildman–Crippen LogP) is 2.35. The van der Waals surface area contributed by atoms with Gasteiger partial charge in [-0.2, -0.15) is 0 Å². The van der Waals surface area contributed by atoms with Crippen molar-refractivity contribution in [1.82, 2.24) is 4.90 Å². The molecule has 0 spiro atoms. The Morgan fingerprint density at radius 2 is 2.06 bits per heavy atom. The van der Waals surface area contributed by atoms with Gasteiger partial charge in [0.25, 0.3) is 0 Å².